The van der Waals surface area contributed by atoms with Crippen LogP contribution in [0.15, 0.2) is 18.2 Å². The maximum Gasteiger partial charge on any atom is 0.325 e. The maximum atomic E-state index is 13.8. The molecule has 3 nitrogen and oxygen atoms in total. The number of hydrogen-bond acceptors (Lipinski definition) is 2. The monoisotopic (exact) mass is 265 g/mol. The van der Waals surface area contributed by atoms with Crippen LogP contribution in [-0.2, 0) is 4.79 Å². The summed E-state index contributed by atoms with van der Waals surface area (Å²) in [5.74, 6) is -1.48. The summed E-state index contributed by atoms with van der Waals surface area (Å²) in [5, 5.41) is 12.4. The lowest BCUT2D eigenvalue weighted by Crippen LogP contribution is -2.38. The van der Waals surface area contributed by atoms with Crippen LogP contribution in [0.25, 0.3) is 0 Å². The Labute approximate surface area is 112 Å². The van der Waals surface area contributed by atoms with Gasteiger partial charge in [-0.25, -0.2) is 4.39 Å². The van der Waals surface area contributed by atoms with Crippen molar-refractivity contribution in [2.75, 3.05) is 0 Å². The molecule has 0 aromatic heterocycles. The molecule has 0 heterocycles. The van der Waals surface area contributed by atoms with Crippen LogP contribution in [0.4, 0.5) is 4.39 Å². The summed E-state index contributed by atoms with van der Waals surface area (Å²) >= 11 is 0. The molecule has 0 aliphatic heterocycles. The van der Waals surface area contributed by atoms with Crippen LogP contribution in [-0.4, -0.2) is 17.1 Å². The molecule has 0 radical (unpaired) electrons. The fraction of sp³-hybridized carbons (Fsp3) is 0.533. The summed E-state index contributed by atoms with van der Waals surface area (Å²) in [5.41, 5.74) is 1.10. The van der Waals surface area contributed by atoms with E-state index in [1.54, 1.807) is 12.1 Å². The first kappa shape index (κ1) is 14.0. The lowest BCUT2D eigenvalue weighted by atomic mass is 9.93. The number of hydrogen-bond donors (Lipinski definition) is 2. The third-order valence-electron chi connectivity index (χ3n) is 3.72. The highest BCUT2D eigenvalue weighted by molar-refractivity contribution is 5.75. The van der Waals surface area contributed by atoms with Crippen LogP contribution in [0.2, 0.25) is 0 Å². The zero-order chi connectivity index (χ0) is 13.8. The summed E-state index contributed by atoms with van der Waals surface area (Å²) in [6, 6.07) is 3.82. The van der Waals surface area contributed by atoms with E-state index in [2.05, 4.69) is 5.32 Å². The first-order valence-corrected chi connectivity index (χ1v) is 6.83. The van der Waals surface area contributed by atoms with Crippen molar-refractivity contribution in [2.45, 2.75) is 51.1 Å². The quantitative estimate of drug-likeness (QED) is 0.879. The van der Waals surface area contributed by atoms with Crippen LogP contribution in [0.1, 0.15) is 49.3 Å². The number of halogens is 1. The van der Waals surface area contributed by atoms with Crippen molar-refractivity contribution >= 4 is 5.97 Å². The van der Waals surface area contributed by atoms with Gasteiger partial charge in [0.1, 0.15) is 11.9 Å². The van der Waals surface area contributed by atoms with Crippen LogP contribution in [0, 0.1) is 12.7 Å². The fourth-order valence-corrected chi connectivity index (χ4v) is 2.68. The average Bonchev–Trinajstić information content (AvgIpc) is 2.40. The second-order valence-electron chi connectivity index (χ2n) is 5.30. The second kappa shape index (κ2) is 6.15. The Morgan fingerprint density at radius 2 is 2.05 bits per heavy atom. The van der Waals surface area contributed by atoms with E-state index in [0.29, 0.717) is 0 Å². The maximum absolute atomic E-state index is 13.8. The van der Waals surface area contributed by atoms with Gasteiger partial charge >= 0.3 is 5.97 Å². The largest absolute Gasteiger partial charge is 0.480 e. The number of nitrogens with one attached hydrogen (secondary N) is 1. The van der Waals surface area contributed by atoms with E-state index in [1.807, 2.05) is 6.92 Å². The Morgan fingerprint density at radius 3 is 2.68 bits per heavy atom. The van der Waals surface area contributed by atoms with E-state index in [9.17, 15) is 14.3 Å². The lowest BCUT2D eigenvalue weighted by molar-refractivity contribution is -0.140. The van der Waals surface area contributed by atoms with Crippen molar-refractivity contribution in [3.63, 3.8) is 0 Å². The predicted octanol–water partition coefficient (Wildman–Crippen LogP) is 3.18. The Hall–Kier alpha value is -1.42. The number of aryl methyl sites for hydroxylation is 1. The van der Waals surface area contributed by atoms with Gasteiger partial charge < -0.3 is 5.11 Å². The number of carboxylic acid groups (broad SMARTS) is 1. The number of benzene rings is 1. The highest BCUT2D eigenvalue weighted by Crippen LogP contribution is 2.24. The molecule has 0 saturated heterocycles. The molecule has 1 aromatic rings. The molecule has 1 fully saturated rings. The van der Waals surface area contributed by atoms with Gasteiger partial charge in [-0.05, 0) is 25.8 Å². The molecule has 1 aromatic carbocycles. The third-order valence-corrected chi connectivity index (χ3v) is 3.72. The fourth-order valence-electron chi connectivity index (χ4n) is 2.68. The normalized spacial score (nSPS) is 18.2. The van der Waals surface area contributed by atoms with Gasteiger partial charge in [0.25, 0.3) is 0 Å². The molecule has 1 unspecified atom stereocenters. The van der Waals surface area contributed by atoms with E-state index in [0.717, 1.165) is 31.2 Å². The molecule has 0 spiro atoms. The van der Waals surface area contributed by atoms with Crippen molar-refractivity contribution in [1.29, 1.82) is 0 Å². The Balaban J connectivity index is 2.19. The van der Waals surface area contributed by atoms with Crippen molar-refractivity contribution in [3.05, 3.63) is 35.1 Å². The van der Waals surface area contributed by atoms with E-state index >= 15 is 0 Å². The van der Waals surface area contributed by atoms with Crippen molar-refractivity contribution in [2.24, 2.45) is 0 Å². The van der Waals surface area contributed by atoms with Gasteiger partial charge in [0.05, 0.1) is 0 Å². The van der Waals surface area contributed by atoms with Crippen LogP contribution >= 0.6 is 0 Å². The molecular weight excluding hydrogens is 245 g/mol. The summed E-state index contributed by atoms with van der Waals surface area (Å²) in [4.78, 5) is 11.4. The molecule has 104 valence electrons. The minimum Gasteiger partial charge on any atom is -0.480 e. The van der Waals surface area contributed by atoms with Gasteiger partial charge in [0.15, 0.2) is 0 Å². The zero-order valence-electron chi connectivity index (χ0n) is 11.2. The molecule has 1 atom stereocenters. The highest BCUT2D eigenvalue weighted by Gasteiger charge is 2.26. The first-order valence-electron chi connectivity index (χ1n) is 6.83. The van der Waals surface area contributed by atoms with Gasteiger partial charge in [0.2, 0.25) is 0 Å². The Bertz CT molecular complexity index is 455. The topological polar surface area (TPSA) is 49.3 Å². The lowest BCUT2D eigenvalue weighted by Gasteiger charge is -2.27. The van der Waals surface area contributed by atoms with Crippen molar-refractivity contribution < 1.29 is 14.3 Å². The minimum atomic E-state index is -1.02. The van der Waals surface area contributed by atoms with E-state index < -0.39 is 17.8 Å². The number of rotatable bonds is 4. The number of carbonyl (C=O) groups is 1. The SMILES string of the molecule is Cc1ccc(F)c(C(NC2CCCCC2)C(=O)O)c1. The van der Waals surface area contributed by atoms with Crippen LogP contribution < -0.4 is 5.32 Å². The molecule has 0 bridgehead atoms. The smallest absolute Gasteiger partial charge is 0.325 e. The van der Waals surface area contributed by atoms with Gasteiger partial charge in [-0.1, -0.05) is 37.0 Å². The molecule has 2 rings (SSSR count). The first-order chi connectivity index (χ1) is 9.08. The van der Waals surface area contributed by atoms with Gasteiger partial charge in [0, 0.05) is 11.6 Å². The summed E-state index contributed by atoms with van der Waals surface area (Å²) in [6.07, 6.45) is 5.36. The minimum absolute atomic E-state index is 0.176. The molecule has 1 saturated carbocycles. The molecule has 4 heteroatoms. The standard InChI is InChI=1S/C15H20FNO2/c1-10-7-8-13(16)12(9-10)14(15(18)19)17-11-5-3-2-4-6-11/h7-9,11,14,17H,2-6H2,1H3,(H,18,19). The van der Waals surface area contributed by atoms with Gasteiger partial charge in [-0.2, -0.15) is 0 Å². The van der Waals surface area contributed by atoms with E-state index in [4.69, 9.17) is 0 Å². The van der Waals surface area contributed by atoms with Crippen LogP contribution in [0.5, 0.6) is 0 Å². The molecule has 19 heavy (non-hydrogen) atoms. The Morgan fingerprint density at radius 1 is 1.37 bits per heavy atom. The van der Waals surface area contributed by atoms with E-state index in [-0.39, 0.29) is 11.6 Å². The second-order valence-corrected chi connectivity index (χ2v) is 5.30. The summed E-state index contributed by atoms with van der Waals surface area (Å²) in [6.45, 7) is 1.84. The molecule has 2 N–H and O–H groups in total. The van der Waals surface area contributed by atoms with Gasteiger partial charge in [-0.15, -0.1) is 0 Å². The molecule has 1 aliphatic carbocycles. The third kappa shape index (κ3) is 3.53. The van der Waals surface area contributed by atoms with Crippen molar-refractivity contribution in [3.8, 4) is 0 Å². The number of carboxylic acids is 1. The van der Waals surface area contributed by atoms with Gasteiger partial charge in [-0.3, -0.25) is 10.1 Å². The average molecular weight is 265 g/mol. The molecule has 0 amide bonds. The van der Waals surface area contributed by atoms with Crippen LogP contribution in [0.3, 0.4) is 0 Å². The van der Waals surface area contributed by atoms with E-state index in [1.165, 1.54) is 12.5 Å². The predicted molar refractivity (Wildman–Crippen MR) is 71.5 cm³/mol. The number of aliphatic carboxylic acids is 1. The zero-order valence-corrected chi connectivity index (χ0v) is 11.2. The summed E-state index contributed by atoms with van der Waals surface area (Å²) < 4.78 is 13.8. The molecular formula is C15H20FNO2. The molecule has 1 aliphatic rings. The summed E-state index contributed by atoms with van der Waals surface area (Å²) in [7, 11) is 0. The Kier molecular flexibility index (Phi) is 4.53. The highest BCUT2D eigenvalue weighted by atomic mass is 19.1. The van der Waals surface area contributed by atoms with Crippen molar-refractivity contribution in [1.82, 2.24) is 5.32 Å².